The Morgan fingerprint density at radius 1 is 1.22 bits per heavy atom. The summed E-state index contributed by atoms with van der Waals surface area (Å²) in [5.41, 5.74) is 0.242. The molecule has 0 atom stereocenters. The maximum absolute atomic E-state index is 12.5. The molecule has 0 unspecified atom stereocenters. The number of halogens is 4. The van der Waals surface area contributed by atoms with Gasteiger partial charge in [0.2, 0.25) is 0 Å². The number of aromatic nitrogens is 4. The third-order valence-electron chi connectivity index (χ3n) is 3.85. The zero-order valence-electron chi connectivity index (χ0n) is 15.9. The van der Waals surface area contributed by atoms with Gasteiger partial charge < -0.3 is 9.84 Å². The molecule has 0 bridgehead atoms. The normalized spacial score (nSPS) is 12.3. The first-order valence-corrected chi connectivity index (χ1v) is 10.7. The van der Waals surface area contributed by atoms with E-state index in [1.807, 2.05) is 0 Å². The average molecular weight is 489 g/mol. The molecule has 0 aliphatic rings. The van der Waals surface area contributed by atoms with Crippen LogP contribution < -0.4 is 4.74 Å². The Balaban J connectivity index is 2.15. The molecule has 0 saturated heterocycles. The van der Waals surface area contributed by atoms with E-state index in [9.17, 15) is 26.4 Å². The van der Waals surface area contributed by atoms with Gasteiger partial charge in [0.1, 0.15) is 11.4 Å². The Labute approximate surface area is 183 Å². The van der Waals surface area contributed by atoms with E-state index >= 15 is 0 Å². The van der Waals surface area contributed by atoms with Crippen molar-refractivity contribution in [2.24, 2.45) is 0 Å². The monoisotopic (exact) mass is 488 g/mol. The van der Waals surface area contributed by atoms with Crippen molar-refractivity contribution in [2.45, 2.75) is 11.3 Å². The summed E-state index contributed by atoms with van der Waals surface area (Å²) in [7, 11) is -3.51. The van der Waals surface area contributed by atoms with Crippen LogP contribution in [-0.4, -0.2) is 51.9 Å². The summed E-state index contributed by atoms with van der Waals surface area (Å²) in [6, 6.07) is 5.74. The van der Waals surface area contributed by atoms with Gasteiger partial charge in [-0.25, -0.2) is 13.2 Å². The van der Waals surface area contributed by atoms with Gasteiger partial charge in [-0.2, -0.15) is 0 Å². The molecule has 1 aromatic carbocycles. The molecule has 0 spiro atoms. The number of aliphatic carboxylic acids is 1. The number of hydrogen-bond donors (Lipinski definition) is 1. The Bertz CT molecular complexity index is 1310. The van der Waals surface area contributed by atoms with Crippen molar-refractivity contribution >= 4 is 33.5 Å². The maximum Gasteiger partial charge on any atom is 0.573 e. The summed E-state index contributed by atoms with van der Waals surface area (Å²) in [6.07, 6.45) is -0.948. The van der Waals surface area contributed by atoms with Crippen molar-refractivity contribution in [3.8, 4) is 23.0 Å². The first-order valence-electron chi connectivity index (χ1n) is 8.44. The third kappa shape index (κ3) is 5.42. The van der Waals surface area contributed by atoms with Crippen molar-refractivity contribution in [2.75, 3.05) is 6.26 Å². The largest absolute Gasteiger partial charge is 0.573 e. The van der Waals surface area contributed by atoms with Crippen LogP contribution in [0.5, 0.6) is 5.75 Å². The SMILES string of the molecule is CS(=O)(=O)c1ccc(-c2nnc(/C=C/C(=O)O)n2-c2ccc(OC(F)(F)F)cc2Cl)nc1. The molecule has 0 amide bonds. The van der Waals surface area contributed by atoms with Gasteiger partial charge in [0, 0.05) is 24.6 Å². The highest BCUT2D eigenvalue weighted by atomic mass is 35.5. The van der Waals surface area contributed by atoms with E-state index in [-0.39, 0.29) is 32.9 Å². The second kappa shape index (κ2) is 8.59. The van der Waals surface area contributed by atoms with Crippen LogP contribution in [0.2, 0.25) is 5.02 Å². The molecule has 3 aromatic rings. The molecule has 0 saturated carbocycles. The Morgan fingerprint density at radius 2 is 1.94 bits per heavy atom. The summed E-state index contributed by atoms with van der Waals surface area (Å²) < 4.78 is 65.8. The molecule has 0 fully saturated rings. The highest BCUT2D eigenvalue weighted by molar-refractivity contribution is 7.90. The number of benzene rings is 1. The van der Waals surface area contributed by atoms with E-state index in [0.717, 1.165) is 36.7 Å². The van der Waals surface area contributed by atoms with E-state index in [1.165, 1.54) is 22.8 Å². The zero-order chi connectivity index (χ0) is 23.7. The van der Waals surface area contributed by atoms with Crippen LogP contribution in [0.4, 0.5) is 13.2 Å². The molecule has 2 aromatic heterocycles. The summed E-state index contributed by atoms with van der Waals surface area (Å²) in [4.78, 5) is 14.9. The molecule has 32 heavy (non-hydrogen) atoms. The standard InChI is InChI=1S/C18H12ClF3N4O5S/c1-32(29,30)11-3-4-13(23-9-11)17-25-24-15(6-7-16(27)28)26(17)14-5-2-10(8-12(14)19)31-18(20,21)22/h2-9H,1H3,(H,27,28)/b7-6+. The quantitative estimate of drug-likeness (QED) is 0.524. The summed E-state index contributed by atoms with van der Waals surface area (Å²) in [6.45, 7) is 0. The lowest BCUT2D eigenvalue weighted by molar-refractivity contribution is -0.274. The van der Waals surface area contributed by atoms with Crippen LogP contribution in [-0.2, 0) is 14.6 Å². The number of alkyl halides is 3. The number of nitrogens with zero attached hydrogens (tertiary/aromatic N) is 4. The first-order chi connectivity index (χ1) is 14.8. The van der Waals surface area contributed by atoms with Gasteiger partial charge in [-0.1, -0.05) is 11.6 Å². The van der Waals surface area contributed by atoms with Crippen molar-refractivity contribution in [3.05, 3.63) is 53.5 Å². The second-order valence-corrected chi connectivity index (χ2v) is 8.62. The lowest BCUT2D eigenvalue weighted by Crippen LogP contribution is -2.17. The van der Waals surface area contributed by atoms with E-state index in [4.69, 9.17) is 16.7 Å². The number of carboxylic acid groups (broad SMARTS) is 1. The first kappa shape index (κ1) is 23.2. The van der Waals surface area contributed by atoms with Crippen molar-refractivity contribution in [1.29, 1.82) is 0 Å². The number of pyridine rings is 1. The molecule has 14 heteroatoms. The lowest BCUT2D eigenvalue weighted by Gasteiger charge is -2.13. The second-order valence-electron chi connectivity index (χ2n) is 6.20. The molecular formula is C18H12ClF3N4O5S. The molecule has 0 aliphatic heterocycles. The third-order valence-corrected chi connectivity index (χ3v) is 5.25. The molecule has 1 N–H and O–H groups in total. The molecule has 9 nitrogen and oxygen atoms in total. The van der Waals surface area contributed by atoms with Gasteiger partial charge in [-0.15, -0.1) is 23.4 Å². The minimum absolute atomic E-state index is 0.0252. The molecular weight excluding hydrogens is 477 g/mol. The van der Waals surface area contributed by atoms with Crippen LogP contribution in [0.3, 0.4) is 0 Å². The average Bonchev–Trinajstić information content (AvgIpc) is 3.08. The number of rotatable bonds is 6. The highest BCUT2D eigenvalue weighted by Gasteiger charge is 2.31. The fourth-order valence-corrected chi connectivity index (χ4v) is 3.37. The Kier molecular flexibility index (Phi) is 6.23. The van der Waals surface area contributed by atoms with Gasteiger partial charge in [0.05, 0.1) is 15.6 Å². The Morgan fingerprint density at radius 3 is 2.47 bits per heavy atom. The zero-order valence-corrected chi connectivity index (χ0v) is 17.5. The van der Waals surface area contributed by atoms with E-state index < -0.39 is 27.9 Å². The van der Waals surface area contributed by atoms with E-state index in [0.29, 0.717) is 0 Å². The molecule has 0 aliphatic carbocycles. The van der Waals surface area contributed by atoms with Gasteiger partial charge in [0.15, 0.2) is 21.5 Å². The molecule has 0 radical (unpaired) electrons. The fourth-order valence-electron chi connectivity index (χ4n) is 2.55. The van der Waals surface area contributed by atoms with E-state index in [1.54, 1.807) is 0 Å². The van der Waals surface area contributed by atoms with Gasteiger partial charge in [0.25, 0.3) is 0 Å². The van der Waals surface area contributed by atoms with Crippen molar-refractivity contribution < 1.29 is 36.2 Å². The van der Waals surface area contributed by atoms with Crippen LogP contribution in [0, 0.1) is 0 Å². The van der Waals surface area contributed by atoms with Crippen molar-refractivity contribution in [3.63, 3.8) is 0 Å². The lowest BCUT2D eigenvalue weighted by atomic mass is 10.2. The van der Waals surface area contributed by atoms with Crippen LogP contribution in [0.25, 0.3) is 23.3 Å². The molecule has 168 valence electrons. The van der Waals surface area contributed by atoms with Gasteiger partial charge in [-0.05, 0) is 30.3 Å². The highest BCUT2D eigenvalue weighted by Crippen LogP contribution is 2.32. The van der Waals surface area contributed by atoms with Crippen LogP contribution in [0.1, 0.15) is 5.82 Å². The number of carbonyl (C=O) groups is 1. The number of carboxylic acids is 1. The number of hydrogen-bond acceptors (Lipinski definition) is 7. The maximum atomic E-state index is 12.5. The van der Waals surface area contributed by atoms with Crippen molar-refractivity contribution in [1.82, 2.24) is 19.7 Å². The van der Waals surface area contributed by atoms with Gasteiger partial charge in [-0.3, -0.25) is 9.55 Å². The smallest absolute Gasteiger partial charge is 0.478 e. The Hall–Kier alpha value is -3.45. The molecule has 2 heterocycles. The number of ether oxygens (including phenoxy) is 1. The van der Waals surface area contributed by atoms with E-state index in [2.05, 4.69) is 19.9 Å². The summed E-state index contributed by atoms with van der Waals surface area (Å²) in [5, 5.41) is 16.5. The minimum Gasteiger partial charge on any atom is -0.478 e. The topological polar surface area (TPSA) is 124 Å². The summed E-state index contributed by atoms with van der Waals surface area (Å²) >= 11 is 6.17. The molecule has 3 rings (SSSR count). The minimum atomic E-state index is -4.92. The fraction of sp³-hybridized carbons (Fsp3) is 0.111. The van der Waals surface area contributed by atoms with Gasteiger partial charge >= 0.3 is 12.3 Å². The predicted octanol–water partition coefficient (Wildman–Crippen LogP) is 3.38. The predicted molar refractivity (Wildman–Crippen MR) is 106 cm³/mol. The summed E-state index contributed by atoms with van der Waals surface area (Å²) in [5.74, 6) is -1.85. The number of sulfone groups is 1. The van der Waals surface area contributed by atoms with Crippen LogP contribution in [0.15, 0.2) is 47.5 Å². The van der Waals surface area contributed by atoms with Crippen LogP contribution >= 0.6 is 11.6 Å².